The van der Waals surface area contributed by atoms with Gasteiger partial charge in [-0.1, -0.05) is 30.3 Å². The minimum absolute atomic E-state index is 0.107. The third kappa shape index (κ3) is 3.71. The highest BCUT2D eigenvalue weighted by Gasteiger charge is 2.23. The molecule has 28 heavy (non-hydrogen) atoms. The van der Waals surface area contributed by atoms with Gasteiger partial charge in [0.2, 0.25) is 5.91 Å². The minimum Gasteiger partial charge on any atom is -0.356 e. The molecular weight excluding hydrogens is 348 g/mol. The summed E-state index contributed by atoms with van der Waals surface area (Å²) in [4.78, 5) is 18.9. The predicted molar refractivity (Wildman–Crippen MR) is 114 cm³/mol. The van der Waals surface area contributed by atoms with E-state index in [9.17, 15) is 4.79 Å². The Kier molecular flexibility index (Phi) is 5.26. The van der Waals surface area contributed by atoms with Crippen LogP contribution in [0.2, 0.25) is 0 Å². The average Bonchev–Trinajstić information content (AvgIpc) is 3.12. The fourth-order valence-corrected chi connectivity index (χ4v) is 3.91. The zero-order valence-corrected chi connectivity index (χ0v) is 16.4. The minimum atomic E-state index is -0.107. The van der Waals surface area contributed by atoms with E-state index >= 15 is 0 Å². The second-order valence-electron chi connectivity index (χ2n) is 7.40. The lowest BCUT2D eigenvalue weighted by Crippen LogP contribution is -2.31. The van der Waals surface area contributed by atoms with E-state index in [1.807, 2.05) is 24.3 Å². The third-order valence-corrected chi connectivity index (χ3v) is 5.47. The van der Waals surface area contributed by atoms with E-state index in [4.69, 9.17) is 4.98 Å². The maximum atomic E-state index is 11.5. The molecule has 1 aliphatic rings. The standard InChI is InChI=1S/C23H26N4O/c1-24-22(28)11-10-17-6-5-7-18(16-17)23-25-20-8-3-4-9-21(20)27(23)19-12-14-26(2)15-13-19/h3-11,16,19H,12-15H2,1-2H3,(H,24,28)/b11-10+. The summed E-state index contributed by atoms with van der Waals surface area (Å²) in [6.45, 7) is 2.21. The molecule has 1 amide bonds. The molecule has 4 rings (SSSR count). The second kappa shape index (κ2) is 7.98. The number of likely N-dealkylation sites (N-methyl/N-ethyl adjacent to an activating group) is 1. The van der Waals surface area contributed by atoms with Crippen LogP contribution >= 0.6 is 0 Å². The van der Waals surface area contributed by atoms with Crippen molar-refractivity contribution in [3.05, 3.63) is 60.2 Å². The van der Waals surface area contributed by atoms with Crippen molar-refractivity contribution < 1.29 is 4.79 Å². The van der Waals surface area contributed by atoms with E-state index in [1.165, 1.54) is 5.52 Å². The van der Waals surface area contributed by atoms with Gasteiger partial charge in [-0.2, -0.15) is 0 Å². The molecule has 0 aliphatic carbocycles. The first-order chi connectivity index (χ1) is 13.7. The van der Waals surface area contributed by atoms with Crippen LogP contribution in [0.15, 0.2) is 54.6 Å². The molecule has 1 aliphatic heterocycles. The number of carbonyl (C=O) groups is 1. The highest BCUT2D eigenvalue weighted by atomic mass is 16.1. The average molecular weight is 374 g/mol. The molecule has 1 fully saturated rings. The van der Waals surface area contributed by atoms with Crippen LogP contribution in [-0.2, 0) is 4.79 Å². The van der Waals surface area contributed by atoms with E-state index in [1.54, 1.807) is 13.1 Å². The van der Waals surface area contributed by atoms with Crippen LogP contribution in [0.4, 0.5) is 0 Å². The molecule has 5 nitrogen and oxygen atoms in total. The maximum Gasteiger partial charge on any atom is 0.243 e. The summed E-state index contributed by atoms with van der Waals surface area (Å²) in [7, 11) is 3.82. The van der Waals surface area contributed by atoms with Gasteiger partial charge in [-0.15, -0.1) is 0 Å². The Morgan fingerprint density at radius 3 is 2.71 bits per heavy atom. The van der Waals surface area contributed by atoms with Gasteiger partial charge in [0.1, 0.15) is 5.82 Å². The topological polar surface area (TPSA) is 50.2 Å². The monoisotopic (exact) mass is 374 g/mol. The number of imidazole rings is 1. The van der Waals surface area contributed by atoms with Gasteiger partial charge in [-0.05, 0) is 62.8 Å². The number of benzene rings is 2. The number of carbonyl (C=O) groups excluding carboxylic acids is 1. The first-order valence-electron chi connectivity index (χ1n) is 9.81. The molecule has 2 heterocycles. The molecule has 0 spiro atoms. The molecular formula is C23H26N4O. The lowest BCUT2D eigenvalue weighted by atomic mass is 10.0. The summed E-state index contributed by atoms with van der Waals surface area (Å²) < 4.78 is 2.42. The van der Waals surface area contributed by atoms with Crippen molar-refractivity contribution in [3.8, 4) is 11.4 Å². The normalized spacial score (nSPS) is 16.1. The quantitative estimate of drug-likeness (QED) is 0.708. The number of nitrogens with one attached hydrogen (secondary N) is 1. The molecule has 1 N–H and O–H groups in total. The number of hydrogen-bond donors (Lipinski definition) is 1. The fraction of sp³-hybridized carbons (Fsp3) is 0.304. The lowest BCUT2D eigenvalue weighted by Gasteiger charge is -2.31. The Labute approximate surface area is 165 Å². The Bertz CT molecular complexity index is 1010. The van der Waals surface area contributed by atoms with Crippen LogP contribution in [0.3, 0.4) is 0 Å². The summed E-state index contributed by atoms with van der Waals surface area (Å²) >= 11 is 0. The van der Waals surface area contributed by atoms with Crippen molar-refractivity contribution in [3.63, 3.8) is 0 Å². The van der Waals surface area contributed by atoms with E-state index < -0.39 is 0 Å². The summed E-state index contributed by atoms with van der Waals surface area (Å²) in [5.74, 6) is 0.898. The summed E-state index contributed by atoms with van der Waals surface area (Å²) in [6.07, 6.45) is 5.64. The van der Waals surface area contributed by atoms with Crippen LogP contribution in [-0.4, -0.2) is 47.5 Å². The van der Waals surface area contributed by atoms with Gasteiger partial charge >= 0.3 is 0 Å². The Balaban J connectivity index is 1.77. The number of amides is 1. The van der Waals surface area contributed by atoms with Gasteiger partial charge in [-0.25, -0.2) is 4.98 Å². The van der Waals surface area contributed by atoms with Gasteiger partial charge in [-0.3, -0.25) is 4.79 Å². The first-order valence-corrected chi connectivity index (χ1v) is 9.81. The maximum absolute atomic E-state index is 11.5. The smallest absolute Gasteiger partial charge is 0.243 e. The fourth-order valence-electron chi connectivity index (χ4n) is 3.91. The van der Waals surface area contributed by atoms with Crippen molar-refractivity contribution in [2.24, 2.45) is 0 Å². The molecule has 0 atom stereocenters. The van der Waals surface area contributed by atoms with Crippen LogP contribution < -0.4 is 5.32 Å². The van der Waals surface area contributed by atoms with Gasteiger partial charge in [0.05, 0.1) is 11.0 Å². The first kappa shape index (κ1) is 18.4. The van der Waals surface area contributed by atoms with Crippen molar-refractivity contribution in [2.75, 3.05) is 27.2 Å². The molecule has 0 radical (unpaired) electrons. The second-order valence-corrected chi connectivity index (χ2v) is 7.40. The van der Waals surface area contributed by atoms with Gasteiger partial charge < -0.3 is 14.8 Å². The molecule has 0 saturated carbocycles. The Hall–Kier alpha value is -2.92. The highest BCUT2D eigenvalue weighted by Crippen LogP contribution is 2.33. The number of aromatic nitrogens is 2. The van der Waals surface area contributed by atoms with Gasteiger partial charge in [0.25, 0.3) is 0 Å². The molecule has 2 aromatic carbocycles. The van der Waals surface area contributed by atoms with E-state index in [0.717, 1.165) is 48.4 Å². The molecule has 0 bridgehead atoms. The van der Waals surface area contributed by atoms with E-state index in [2.05, 4.69) is 52.2 Å². The number of para-hydroxylation sites is 2. The lowest BCUT2D eigenvalue weighted by molar-refractivity contribution is -0.115. The Morgan fingerprint density at radius 2 is 1.93 bits per heavy atom. The molecule has 1 aromatic heterocycles. The largest absolute Gasteiger partial charge is 0.356 e. The van der Waals surface area contributed by atoms with Crippen LogP contribution in [0.25, 0.3) is 28.5 Å². The summed E-state index contributed by atoms with van der Waals surface area (Å²) in [6, 6.07) is 17.1. The van der Waals surface area contributed by atoms with Gasteiger partial charge in [0.15, 0.2) is 0 Å². The van der Waals surface area contributed by atoms with Crippen LogP contribution in [0, 0.1) is 0 Å². The molecule has 5 heteroatoms. The van der Waals surface area contributed by atoms with Crippen LogP contribution in [0.1, 0.15) is 24.4 Å². The number of fused-ring (bicyclic) bond motifs is 1. The van der Waals surface area contributed by atoms with E-state index in [0.29, 0.717) is 6.04 Å². The molecule has 144 valence electrons. The number of piperidine rings is 1. The van der Waals surface area contributed by atoms with Crippen molar-refractivity contribution in [1.82, 2.24) is 19.8 Å². The molecule has 3 aromatic rings. The van der Waals surface area contributed by atoms with Crippen molar-refractivity contribution in [2.45, 2.75) is 18.9 Å². The van der Waals surface area contributed by atoms with Crippen LogP contribution in [0.5, 0.6) is 0 Å². The van der Waals surface area contributed by atoms with Gasteiger partial charge in [0, 0.05) is 24.7 Å². The SMILES string of the molecule is CNC(=O)/C=C/c1cccc(-c2nc3ccccc3n2C2CCN(C)CC2)c1. The molecule has 0 unspecified atom stereocenters. The Morgan fingerprint density at radius 1 is 1.14 bits per heavy atom. The number of hydrogen-bond acceptors (Lipinski definition) is 3. The number of nitrogens with zero attached hydrogens (tertiary/aromatic N) is 3. The highest BCUT2D eigenvalue weighted by molar-refractivity contribution is 5.91. The summed E-state index contributed by atoms with van der Waals surface area (Å²) in [5.41, 5.74) is 4.29. The molecule has 1 saturated heterocycles. The zero-order valence-electron chi connectivity index (χ0n) is 16.4. The number of likely N-dealkylation sites (tertiary alicyclic amines) is 1. The zero-order chi connectivity index (χ0) is 19.5. The third-order valence-electron chi connectivity index (χ3n) is 5.47. The van der Waals surface area contributed by atoms with Crippen molar-refractivity contribution in [1.29, 1.82) is 0 Å². The summed E-state index contributed by atoms with van der Waals surface area (Å²) in [5, 5.41) is 2.61. The number of rotatable bonds is 4. The van der Waals surface area contributed by atoms with Crippen molar-refractivity contribution >= 4 is 23.0 Å². The van der Waals surface area contributed by atoms with E-state index in [-0.39, 0.29) is 5.91 Å². The predicted octanol–water partition coefficient (Wildman–Crippen LogP) is 3.73.